The Hall–Kier alpha value is -0.280. The molecule has 58 valence electrons. The van der Waals surface area contributed by atoms with Gasteiger partial charge >= 0.3 is 0 Å². The number of alkyl halides is 1. The van der Waals surface area contributed by atoms with Gasteiger partial charge in [-0.15, -0.1) is 11.6 Å². The number of hydrogen-bond acceptors (Lipinski definition) is 2. The maximum atomic E-state index is 10.9. The average molecular weight is 163 g/mol. The molecule has 0 atom stereocenters. The number of carbonyl (C=O) groups excluding carboxylic acids is 1. The lowest BCUT2D eigenvalue weighted by Crippen LogP contribution is -2.46. The maximum Gasteiger partial charge on any atom is 0.237 e. The quantitative estimate of drug-likeness (QED) is 0.535. The normalized spacial score (nSPS) is 19.1. The van der Waals surface area contributed by atoms with Gasteiger partial charge in [0.2, 0.25) is 5.91 Å². The molecule has 4 heteroatoms. The zero-order valence-corrected chi connectivity index (χ0v) is 6.52. The van der Waals surface area contributed by atoms with Crippen molar-refractivity contribution in [3.63, 3.8) is 0 Å². The van der Waals surface area contributed by atoms with E-state index in [0.717, 1.165) is 26.2 Å². The van der Waals surface area contributed by atoms with Gasteiger partial charge in [-0.3, -0.25) is 4.79 Å². The van der Waals surface area contributed by atoms with Crippen molar-refractivity contribution in [1.82, 2.24) is 10.2 Å². The van der Waals surface area contributed by atoms with E-state index >= 15 is 0 Å². The smallest absolute Gasteiger partial charge is 0.237 e. The zero-order valence-electron chi connectivity index (χ0n) is 5.77. The van der Waals surface area contributed by atoms with Gasteiger partial charge < -0.3 is 10.2 Å². The van der Waals surface area contributed by atoms with E-state index in [4.69, 9.17) is 11.6 Å². The first kappa shape index (κ1) is 7.82. The molecule has 10 heavy (non-hydrogen) atoms. The summed E-state index contributed by atoms with van der Waals surface area (Å²) in [4.78, 5) is 12.7. The molecule has 0 unspecified atom stereocenters. The predicted molar refractivity (Wildman–Crippen MR) is 40.2 cm³/mol. The van der Waals surface area contributed by atoms with Crippen LogP contribution in [0.25, 0.3) is 0 Å². The predicted octanol–water partition coefficient (Wildman–Crippen LogP) is -0.343. The highest BCUT2D eigenvalue weighted by molar-refractivity contribution is 6.27. The van der Waals surface area contributed by atoms with Crippen molar-refractivity contribution in [3.05, 3.63) is 0 Å². The van der Waals surface area contributed by atoms with Gasteiger partial charge in [0.05, 0.1) is 0 Å². The monoisotopic (exact) mass is 162 g/mol. The van der Waals surface area contributed by atoms with Crippen LogP contribution in [0.15, 0.2) is 0 Å². The fourth-order valence-electron chi connectivity index (χ4n) is 0.999. The Balaban J connectivity index is 2.31. The highest BCUT2D eigenvalue weighted by Gasteiger charge is 2.13. The fraction of sp³-hybridized carbons (Fsp3) is 0.833. The molecule has 1 fully saturated rings. The summed E-state index contributed by atoms with van der Waals surface area (Å²) in [5, 5.41) is 3.16. The molecule has 1 aliphatic heterocycles. The van der Waals surface area contributed by atoms with Gasteiger partial charge in [-0.1, -0.05) is 0 Å². The summed E-state index contributed by atoms with van der Waals surface area (Å²) < 4.78 is 0. The summed E-state index contributed by atoms with van der Waals surface area (Å²) in [7, 11) is 0. The molecule has 0 aromatic heterocycles. The third-order valence-corrected chi connectivity index (χ3v) is 1.81. The second-order valence-corrected chi connectivity index (χ2v) is 2.53. The molecule has 1 amide bonds. The number of nitrogens with zero attached hydrogens (tertiary/aromatic N) is 1. The van der Waals surface area contributed by atoms with Gasteiger partial charge in [-0.05, 0) is 0 Å². The summed E-state index contributed by atoms with van der Waals surface area (Å²) in [6.07, 6.45) is 0. The summed E-state index contributed by atoms with van der Waals surface area (Å²) in [6.45, 7) is 3.38. The molecule has 0 radical (unpaired) electrons. The lowest BCUT2D eigenvalue weighted by Gasteiger charge is -2.26. The van der Waals surface area contributed by atoms with Crippen LogP contribution in [0, 0.1) is 0 Å². The van der Waals surface area contributed by atoms with Crippen LogP contribution in [0.3, 0.4) is 0 Å². The number of carbonyl (C=O) groups is 1. The van der Waals surface area contributed by atoms with Gasteiger partial charge in [0.1, 0.15) is 5.88 Å². The van der Waals surface area contributed by atoms with Crippen molar-refractivity contribution in [3.8, 4) is 0 Å². The van der Waals surface area contributed by atoms with Gasteiger partial charge in [0, 0.05) is 26.2 Å². The summed E-state index contributed by atoms with van der Waals surface area (Å²) in [5.41, 5.74) is 0. The minimum atomic E-state index is 0.0446. The number of amides is 1. The minimum absolute atomic E-state index is 0.0446. The van der Waals surface area contributed by atoms with Crippen LogP contribution in [-0.4, -0.2) is 42.9 Å². The Morgan fingerprint density at radius 3 is 2.60 bits per heavy atom. The van der Waals surface area contributed by atoms with Crippen LogP contribution in [0.2, 0.25) is 0 Å². The number of rotatable bonds is 1. The molecule has 0 aliphatic carbocycles. The highest BCUT2D eigenvalue weighted by atomic mass is 35.5. The van der Waals surface area contributed by atoms with E-state index in [0.29, 0.717) is 0 Å². The number of halogens is 1. The Morgan fingerprint density at radius 1 is 1.50 bits per heavy atom. The SMILES string of the molecule is O=C(CCl)N1CCNCC1. The lowest BCUT2D eigenvalue weighted by molar-refractivity contribution is -0.129. The van der Waals surface area contributed by atoms with Gasteiger partial charge in [-0.2, -0.15) is 0 Å². The number of nitrogens with one attached hydrogen (secondary N) is 1. The first-order valence-corrected chi connectivity index (χ1v) is 3.92. The molecule has 1 N–H and O–H groups in total. The topological polar surface area (TPSA) is 32.3 Å². The highest BCUT2D eigenvalue weighted by Crippen LogP contribution is 1.93. The molecule has 1 saturated heterocycles. The Kier molecular flexibility index (Phi) is 2.96. The van der Waals surface area contributed by atoms with Crippen LogP contribution >= 0.6 is 11.6 Å². The van der Waals surface area contributed by atoms with Gasteiger partial charge in [0.15, 0.2) is 0 Å². The molecule has 1 heterocycles. The second-order valence-electron chi connectivity index (χ2n) is 2.26. The summed E-state index contributed by atoms with van der Waals surface area (Å²) in [6, 6.07) is 0. The first-order chi connectivity index (χ1) is 4.84. The van der Waals surface area contributed by atoms with Crippen molar-refractivity contribution >= 4 is 17.5 Å². The zero-order chi connectivity index (χ0) is 7.40. The Bertz CT molecular complexity index is 123. The summed E-state index contributed by atoms with van der Waals surface area (Å²) in [5.74, 6) is 0.156. The Morgan fingerprint density at radius 2 is 2.10 bits per heavy atom. The van der Waals surface area contributed by atoms with E-state index in [1.165, 1.54) is 0 Å². The van der Waals surface area contributed by atoms with E-state index < -0.39 is 0 Å². The lowest BCUT2D eigenvalue weighted by atomic mass is 10.3. The second kappa shape index (κ2) is 3.78. The van der Waals surface area contributed by atoms with E-state index in [-0.39, 0.29) is 11.8 Å². The van der Waals surface area contributed by atoms with E-state index in [1.54, 1.807) is 4.90 Å². The van der Waals surface area contributed by atoms with E-state index in [1.807, 2.05) is 0 Å². The molecule has 0 saturated carbocycles. The van der Waals surface area contributed by atoms with Gasteiger partial charge in [0.25, 0.3) is 0 Å². The van der Waals surface area contributed by atoms with Crippen molar-refractivity contribution in [2.24, 2.45) is 0 Å². The molecule has 3 nitrogen and oxygen atoms in total. The fourth-order valence-corrected chi connectivity index (χ4v) is 1.17. The molecular weight excluding hydrogens is 152 g/mol. The molecular formula is C6H11ClN2O. The van der Waals surface area contributed by atoms with Crippen LogP contribution in [-0.2, 0) is 4.79 Å². The average Bonchev–Trinajstić information content (AvgIpc) is 2.05. The third-order valence-electron chi connectivity index (χ3n) is 1.58. The van der Waals surface area contributed by atoms with Crippen LogP contribution in [0.4, 0.5) is 0 Å². The van der Waals surface area contributed by atoms with Crippen LogP contribution in [0.5, 0.6) is 0 Å². The maximum absolute atomic E-state index is 10.9. The molecule has 0 aromatic rings. The molecule has 0 bridgehead atoms. The molecule has 1 rings (SSSR count). The number of piperazine rings is 1. The number of hydrogen-bond donors (Lipinski definition) is 1. The molecule has 1 aliphatic rings. The van der Waals surface area contributed by atoms with Crippen molar-refractivity contribution < 1.29 is 4.79 Å². The van der Waals surface area contributed by atoms with Crippen LogP contribution in [0.1, 0.15) is 0 Å². The molecule has 0 spiro atoms. The van der Waals surface area contributed by atoms with Crippen molar-refractivity contribution in [1.29, 1.82) is 0 Å². The van der Waals surface area contributed by atoms with Crippen molar-refractivity contribution in [2.75, 3.05) is 32.1 Å². The van der Waals surface area contributed by atoms with Gasteiger partial charge in [-0.25, -0.2) is 0 Å². The molecule has 0 aromatic carbocycles. The van der Waals surface area contributed by atoms with Crippen LogP contribution < -0.4 is 5.32 Å². The van der Waals surface area contributed by atoms with E-state index in [9.17, 15) is 4.79 Å². The minimum Gasteiger partial charge on any atom is -0.339 e. The first-order valence-electron chi connectivity index (χ1n) is 3.39. The van der Waals surface area contributed by atoms with Crippen molar-refractivity contribution in [2.45, 2.75) is 0 Å². The Labute approximate surface area is 65.3 Å². The standard InChI is InChI=1S/C6H11ClN2O/c7-5-6(10)9-3-1-8-2-4-9/h8H,1-5H2. The third kappa shape index (κ3) is 1.85. The summed E-state index contributed by atoms with van der Waals surface area (Å²) >= 11 is 5.37. The largest absolute Gasteiger partial charge is 0.339 e. The van der Waals surface area contributed by atoms with E-state index in [2.05, 4.69) is 5.32 Å².